The fourth-order valence-electron chi connectivity index (χ4n) is 1.51. The van der Waals surface area contributed by atoms with Crippen LogP contribution >= 0.6 is 0 Å². The predicted octanol–water partition coefficient (Wildman–Crippen LogP) is 2.36. The minimum Gasteiger partial charge on any atom is -0.564 e. The average Bonchev–Trinajstić information content (AvgIpc) is 2.05. The van der Waals surface area contributed by atoms with Gasteiger partial charge in [-0.3, -0.25) is 0 Å². The van der Waals surface area contributed by atoms with Crippen LogP contribution < -0.4 is 0 Å². The van der Waals surface area contributed by atoms with E-state index in [2.05, 4.69) is 0 Å². The first-order valence-corrected chi connectivity index (χ1v) is 5.03. The van der Waals surface area contributed by atoms with Crippen LogP contribution in [-0.4, -0.2) is 22.3 Å². The third kappa shape index (κ3) is 3.23. The van der Waals surface area contributed by atoms with Gasteiger partial charge in [-0.25, -0.2) is 0 Å². The number of nitrogens with zero attached hydrogens (tertiary/aromatic N) is 1. The van der Waals surface area contributed by atoms with Crippen molar-refractivity contribution in [1.82, 2.24) is 0 Å². The van der Waals surface area contributed by atoms with Crippen LogP contribution in [0, 0.1) is 5.21 Å². The molecule has 0 aromatic rings. The van der Waals surface area contributed by atoms with Crippen molar-refractivity contribution in [2.75, 3.05) is 0 Å². The molecule has 0 aromatic heterocycles. The van der Waals surface area contributed by atoms with Gasteiger partial charge < -0.3 is 5.21 Å². The topological polar surface area (TPSA) is 52.5 Å². The third-order valence-electron chi connectivity index (χ3n) is 2.50. The van der Waals surface area contributed by atoms with Gasteiger partial charge in [-0.15, -0.1) is 0 Å². The van der Waals surface area contributed by atoms with Gasteiger partial charge in [0.05, 0.1) is 0 Å². The van der Waals surface area contributed by atoms with E-state index in [1.54, 1.807) is 13.8 Å². The maximum Gasteiger partial charge on any atom is 0.146 e. The molecule has 0 radical (unpaired) electrons. The zero-order chi connectivity index (χ0) is 9.90. The number of rotatable bonds is 3. The van der Waals surface area contributed by atoms with E-state index in [0.29, 0.717) is 0 Å². The molecule has 4 nitrogen and oxygen atoms in total. The van der Waals surface area contributed by atoms with Crippen molar-refractivity contribution in [3.8, 4) is 0 Å². The van der Waals surface area contributed by atoms with Gasteiger partial charge in [0.15, 0.2) is 0 Å². The molecule has 4 heteroatoms. The summed E-state index contributed by atoms with van der Waals surface area (Å²) in [5, 5.41) is 20.6. The van der Waals surface area contributed by atoms with Crippen LogP contribution in [0.3, 0.4) is 0 Å². The Morgan fingerprint density at radius 2 is 1.85 bits per heavy atom. The van der Waals surface area contributed by atoms with Crippen molar-refractivity contribution in [3.05, 3.63) is 5.21 Å². The van der Waals surface area contributed by atoms with Gasteiger partial charge in [0.1, 0.15) is 12.1 Å². The molecule has 1 aliphatic carbocycles. The molecular formula is C9H19NO3. The summed E-state index contributed by atoms with van der Waals surface area (Å²) in [7, 11) is 0. The summed E-state index contributed by atoms with van der Waals surface area (Å²) in [5.41, 5.74) is 0. The van der Waals surface area contributed by atoms with Crippen LogP contribution in [0.1, 0.15) is 46.0 Å². The van der Waals surface area contributed by atoms with Crippen molar-refractivity contribution in [1.29, 1.82) is 0 Å². The van der Waals surface area contributed by atoms with Gasteiger partial charge in [0.2, 0.25) is 0 Å². The second-order valence-corrected chi connectivity index (χ2v) is 4.02. The summed E-state index contributed by atoms with van der Waals surface area (Å²) in [6.45, 7) is 3.30. The second kappa shape index (κ2) is 4.37. The molecule has 0 spiro atoms. The van der Waals surface area contributed by atoms with E-state index in [0.717, 1.165) is 25.7 Å². The first-order chi connectivity index (χ1) is 6.02. The third-order valence-corrected chi connectivity index (χ3v) is 2.50. The monoisotopic (exact) mass is 189 g/mol. The Morgan fingerprint density at radius 1 is 1.31 bits per heavy atom. The highest BCUT2D eigenvalue weighted by Gasteiger charge is 2.27. The minimum absolute atomic E-state index is 0.0568. The van der Waals surface area contributed by atoms with Crippen molar-refractivity contribution in [2.24, 2.45) is 0 Å². The second-order valence-electron chi connectivity index (χ2n) is 4.02. The summed E-state index contributed by atoms with van der Waals surface area (Å²) in [4.78, 5) is 3.53. The van der Waals surface area contributed by atoms with E-state index in [9.17, 15) is 10.4 Å². The lowest BCUT2D eigenvalue weighted by Gasteiger charge is -2.37. The molecule has 1 fully saturated rings. The van der Waals surface area contributed by atoms with Crippen molar-refractivity contribution < 1.29 is 15.0 Å². The highest BCUT2D eigenvalue weighted by molar-refractivity contribution is 4.63. The SMILES string of the molecule is CC(C)[N+]([O-])(O)OC1CCCCC1. The zero-order valence-corrected chi connectivity index (χ0v) is 8.40. The van der Waals surface area contributed by atoms with Gasteiger partial charge in [-0.1, -0.05) is 24.2 Å². The van der Waals surface area contributed by atoms with Crippen LogP contribution in [0.5, 0.6) is 0 Å². The highest BCUT2D eigenvalue weighted by Crippen LogP contribution is 2.23. The summed E-state index contributed by atoms with van der Waals surface area (Å²) in [6, 6.07) is -0.457. The van der Waals surface area contributed by atoms with Crippen LogP contribution in [0.15, 0.2) is 0 Å². The lowest BCUT2D eigenvalue weighted by Crippen LogP contribution is -2.47. The van der Waals surface area contributed by atoms with E-state index in [1.807, 2.05) is 0 Å². The van der Waals surface area contributed by atoms with Crippen molar-refractivity contribution in [2.45, 2.75) is 58.1 Å². The van der Waals surface area contributed by atoms with Gasteiger partial charge in [0.25, 0.3) is 0 Å². The Labute approximate surface area is 79.2 Å². The fraction of sp³-hybridized carbons (Fsp3) is 1.00. The Balaban J connectivity index is 2.37. The minimum atomic E-state index is -1.55. The molecule has 1 rings (SSSR count). The van der Waals surface area contributed by atoms with E-state index in [4.69, 9.17) is 4.84 Å². The summed E-state index contributed by atoms with van der Waals surface area (Å²) >= 11 is 0. The molecule has 0 aliphatic heterocycles. The average molecular weight is 189 g/mol. The maximum atomic E-state index is 11.3. The molecule has 0 heterocycles. The molecule has 0 aromatic carbocycles. The number of hydroxylamine groups is 3. The molecule has 13 heavy (non-hydrogen) atoms. The molecule has 0 amide bonds. The van der Waals surface area contributed by atoms with E-state index >= 15 is 0 Å². The Kier molecular flexibility index (Phi) is 3.67. The van der Waals surface area contributed by atoms with Crippen LogP contribution in [0.25, 0.3) is 0 Å². The number of hydrogen-bond donors (Lipinski definition) is 1. The maximum absolute atomic E-state index is 11.3. The van der Waals surface area contributed by atoms with E-state index in [-0.39, 0.29) is 6.10 Å². The first-order valence-electron chi connectivity index (χ1n) is 5.03. The first kappa shape index (κ1) is 10.9. The van der Waals surface area contributed by atoms with Crippen LogP contribution in [-0.2, 0) is 4.84 Å². The molecular weight excluding hydrogens is 170 g/mol. The van der Waals surface area contributed by atoms with Gasteiger partial charge in [-0.05, 0) is 26.7 Å². The number of hydrogen-bond acceptors (Lipinski definition) is 3. The summed E-state index contributed by atoms with van der Waals surface area (Å²) in [5.74, 6) is 0. The van der Waals surface area contributed by atoms with Crippen molar-refractivity contribution >= 4 is 0 Å². The molecule has 1 N–H and O–H groups in total. The van der Waals surface area contributed by atoms with E-state index < -0.39 is 11.0 Å². The van der Waals surface area contributed by atoms with E-state index in [1.165, 1.54) is 6.42 Å². The number of quaternary nitrogens is 1. The summed E-state index contributed by atoms with van der Waals surface area (Å²) in [6.07, 6.45) is 5.15. The lowest BCUT2D eigenvalue weighted by atomic mass is 9.98. The predicted molar refractivity (Wildman–Crippen MR) is 48.5 cm³/mol. The Hall–Kier alpha value is -0.160. The molecule has 1 unspecified atom stereocenters. The van der Waals surface area contributed by atoms with Gasteiger partial charge >= 0.3 is 0 Å². The lowest BCUT2D eigenvalue weighted by molar-refractivity contribution is -1.23. The Bertz CT molecular complexity index is 153. The molecule has 1 atom stereocenters. The molecule has 0 saturated heterocycles. The highest BCUT2D eigenvalue weighted by atomic mass is 17.1. The summed E-state index contributed by atoms with van der Waals surface area (Å²) < 4.78 is 0. The molecule has 0 bridgehead atoms. The molecule has 1 saturated carbocycles. The normalized spacial score (nSPS) is 24.7. The molecule has 78 valence electrons. The van der Waals surface area contributed by atoms with Crippen LogP contribution in [0.2, 0.25) is 0 Å². The quantitative estimate of drug-likeness (QED) is 0.547. The Morgan fingerprint density at radius 3 is 2.31 bits per heavy atom. The largest absolute Gasteiger partial charge is 0.564 e. The van der Waals surface area contributed by atoms with Gasteiger partial charge in [-0.2, -0.15) is 10.0 Å². The smallest absolute Gasteiger partial charge is 0.146 e. The zero-order valence-electron chi connectivity index (χ0n) is 8.40. The fourth-order valence-corrected chi connectivity index (χ4v) is 1.51. The van der Waals surface area contributed by atoms with Crippen LogP contribution in [0.4, 0.5) is 0 Å². The standard InChI is InChI=1S/C9H19NO3/c1-8(2)10(11,12)13-9-6-4-3-5-7-9/h8-9,11H,3-7H2,1-2H3. The van der Waals surface area contributed by atoms with Crippen molar-refractivity contribution in [3.63, 3.8) is 0 Å². The van der Waals surface area contributed by atoms with Gasteiger partial charge in [0, 0.05) is 0 Å². The molecule has 1 aliphatic rings.